The highest BCUT2D eigenvalue weighted by atomic mass is 79.9. The Morgan fingerprint density at radius 3 is 2.38 bits per heavy atom. The van der Waals surface area contributed by atoms with E-state index in [0.717, 1.165) is 10.0 Å². The molecule has 0 aliphatic carbocycles. The molecule has 3 rings (SSSR count). The molecule has 29 heavy (non-hydrogen) atoms. The highest BCUT2D eigenvalue weighted by Crippen LogP contribution is 2.30. The number of carbonyl (C=O) groups excluding carboxylic acids is 1. The number of nitrogens with one attached hydrogen (secondary N) is 1. The Kier molecular flexibility index (Phi) is 7.27. The fourth-order valence-corrected chi connectivity index (χ4v) is 5.81. The van der Waals surface area contributed by atoms with Crippen molar-refractivity contribution in [3.63, 3.8) is 0 Å². The maximum absolute atomic E-state index is 12.9. The van der Waals surface area contributed by atoms with Gasteiger partial charge in [-0.2, -0.15) is 4.31 Å². The second-order valence-corrected chi connectivity index (χ2v) is 10.7. The molecular weight excluding hydrogens is 499 g/mol. The molecule has 1 N–H and O–H groups in total. The van der Waals surface area contributed by atoms with Crippen LogP contribution in [0, 0.1) is 5.92 Å². The average Bonchev–Trinajstić information content (AvgIpc) is 2.70. The Balaban J connectivity index is 1.61. The number of rotatable bonds is 5. The van der Waals surface area contributed by atoms with Gasteiger partial charge in [-0.25, -0.2) is 8.42 Å². The summed E-state index contributed by atoms with van der Waals surface area (Å²) in [5.74, 6) is -0.285. The van der Waals surface area contributed by atoms with Crippen LogP contribution in [0.1, 0.15) is 31.4 Å². The van der Waals surface area contributed by atoms with E-state index in [1.807, 2.05) is 31.2 Å². The molecule has 0 aromatic heterocycles. The van der Waals surface area contributed by atoms with Gasteiger partial charge < -0.3 is 5.32 Å². The van der Waals surface area contributed by atoms with Crippen molar-refractivity contribution in [2.24, 2.45) is 5.92 Å². The van der Waals surface area contributed by atoms with Gasteiger partial charge in [-0.1, -0.05) is 51.3 Å². The van der Waals surface area contributed by atoms with Crippen LogP contribution in [0.3, 0.4) is 0 Å². The van der Waals surface area contributed by atoms with Crippen LogP contribution in [-0.4, -0.2) is 31.7 Å². The van der Waals surface area contributed by atoms with E-state index in [0.29, 0.717) is 17.9 Å². The molecule has 1 aliphatic rings. The third kappa shape index (κ3) is 5.33. The summed E-state index contributed by atoms with van der Waals surface area (Å²) in [6.07, 6.45) is 0.909. The van der Waals surface area contributed by atoms with E-state index >= 15 is 0 Å². The summed E-state index contributed by atoms with van der Waals surface area (Å²) in [6.45, 7) is 2.45. The van der Waals surface area contributed by atoms with Crippen LogP contribution < -0.4 is 5.32 Å². The Hall–Kier alpha value is -1.12. The van der Waals surface area contributed by atoms with Gasteiger partial charge in [-0.15, -0.1) is 0 Å². The second kappa shape index (κ2) is 9.35. The average molecular weight is 520 g/mol. The van der Waals surface area contributed by atoms with Gasteiger partial charge in [0.25, 0.3) is 0 Å². The number of carbonyl (C=O) groups is 1. The first-order valence-electron chi connectivity index (χ1n) is 9.19. The minimum absolute atomic E-state index is 0.00145. The van der Waals surface area contributed by atoms with Gasteiger partial charge in [0.05, 0.1) is 11.1 Å². The molecule has 9 heteroatoms. The van der Waals surface area contributed by atoms with Crippen molar-refractivity contribution in [2.75, 3.05) is 13.1 Å². The summed E-state index contributed by atoms with van der Waals surface area (Å²) in [4.78, 5) is 12.6. The normalized spacial score (nSPS) is 17.1. The molecule has 2 aromatic carbocycles. The smallest absolute Gasteiger partial charge is 0.244 e. The number of piperidine rings is 1. The van der Waals surface area contributed by atoms with Crippen LogP contribution >= 0.6 is 39.1 Å². The zero-order valence-corrected chi connectivity index (χ0v) is 19.7. The molecule has 0 bridgehead atoms. The zero-order valence-electron chi connectivity index (χ0n) is 15.7. The zero-order chi connectivity index (χ0) is 21.2. The molecule has 1 atom stereocenters. The summed E-state index contributed by atoms with van der Waals surface area (Å²) >= 11 is 15.4. The van der Waals surface area contributed by atoms with Gasteiger partial charge in [-0.3, -0.25) is 4.79 Å². The van der Waals surface area contributed by atoms with Crippen molar-refractivity contribution < 1.29 is 13.2 Å². The number of halogens is 3. The Bertz CT molecular complexity index is 991. The van der Waals surface area contributed by atoms with Gasteiger partial charge in [0.1, 0.15) is 4.90 Å². The first-order chi connectivity index (χ1) is 13.7. The molecule has 2 aromatic rings. The van der Waals surface area contributed by atoms with E-state index in [1.54, 1.807) is 6.07 Å². The van der Waals surface area contributed by atoms with Gasteiger partial charge in [0, 0.05) is 28.5 Å². The van der Waals surface area contributed by atoms with Gasteiger partial charge in [-0.05, 0) is 55.7 Å². The molecule has 0 unspecified atom stereocenters. The first kappa shape index (κ1) is 22.6. The minimum Gasteiger partial charge on any atom is -0.349 e. The first-order valence-corrected chi connectivity index (χ1v) is 12.2. The van der Waals surface area contributed by atoms with E-state index in [2.05, 4.69) is 21.2 Å². The van der Waals surface area contributed by atoms with E-state index < -0.39 is 10.0 Å². The largest absolute Gasteiger partial charge is 0.349 e. The van der Waals surface area contributed by atoms with Crippen LogP contribution in [0.4, 0.5) is 0 Å². The summed E-state index contributed by atoms with van der Waals surface area (Å²) in [6, 6.07) is 12.0. The van der Waals surface area contributed by atoms with Crippen LogP contribution in [0.15, 0.2) is 51.8 Å². The number of benzene rings is 2. The molecule has 0 radical (unpaired) electrons. The molecule has 5 nitrogen and oxygen atoms in total. The molecule has 1 fully saturated rings. The lowest BCUT2D eigenvalue weighted by Gasteiger charge is -2.31. The quantitative estimate of drug-likeness (QED) is 0.602. The number of nitrogens with zero attached hydrogens (tertiary/aromatic N) is 1. The number of hydrogen-bond donors (Lipinski definition) is 1. The Morgan fingerprint density at radius 1 is 1.14 bits per heavy atom. The molecular formula is C20H21BrCl2N2O3S. The van der Waals surface area contributed by atoms with Crippen molar-refractivity contribution >= 4 is 55.1 Å². The van der Waals surface area contributed by atoms with Crippen LogP contribution in [0.25, 0.3) is 0 Å². The maximum Gasteiger partial charge on any atom is 0.244 e. The summed E-state index contributed by atoms with van der Waals surface area (Å²) in [5.41, 5.74) is 1.01. The fraction of sp³-hybridized carbons (Fsp3) is 0.350. The predicted octanol–water partition coefficient (Wildman–Crippen LogP) is 5.03. The van der Waals surface area contributed by atoms with E-state index in [9.17, 15) is 13.2 Å². The van der Waals surface area contributed by atoms with Crippen molar-refractivity contribution in [1.82, 2.24) is 9.62 Å². The third-order valence-corrected chi connectivity index (χ3v) is 8.21. The fourth-order valence-electron chi connectivity index (χ4n) is 3.34. The molecule has 0 spiro atoms. The lowest BCUT2D eigenvalue weighted by molar-refractivity contribution is -0.126. The van der Waals surface area contributed by atoms with Gasteiger partial charge in [0.15, 0.2) is 0 Å². The van der Waals surface area contributed by atoms with Crippen molar-refractivity contribution in [1.29, 1.82) is 0 Å². The highest BCUT2D eigenvalue weighted by molar-refractivity contribution is 9.10. The lowest BCUT2D eigenvalue weighted by atomic mass is 9.96. The molecule has 1 amide bonds. The summed E-state index contributed by atoms with van der Waals surface area (Å²) in [5, 5.41) is 3.47. The Labute approximate surface area is 189 Å². The van der Waals surface area contributed by atoms with Crippen LogP contribution in [0.2, 0.25) is 10.0 Å². The number of sulfonamides is 1. The third-order valence-electron chi connectivity index (χ3n) is 5.06. The van der Waals surface area contributed by atoms with E-state index in [4.69, 9.17) is 23.2 Å². The SMILES string of the molecule is C[C@H](NC(=O)C1CCN(S(=O)(=O)c2cc(Cl)ccc2Cl)CC1)c1ccc(Br)cc1. The minimum atomic E-state index is -3.75. The van der Waals surface area contributed by atoms with Crippen LogP contribution in [-0.2, 0) is 14.8 Å². The van der Waals surface area contributed by atoms with E-state index in [1.165, 1.54) is 16.4 Å². The van der Waals surface area contributed by atoms with Gasteiger partial charge in [0.2, 0.25) is 15.9 Å². The summed E-state index contributed by atoms with van der Waals surface area (Å²) < 4.78 is 28.2. The molecule has 0 saturated carbocycles. The summed E-state index contributed by atoms with van der Waals surface area (Å²) in [7, 11) is -3.75. The number of amides is 1. The maximum atomic E-state index is 12.9. The second-order valence-electron chi connectivity index (χ2n) is 7.03. The van der Waals surface area contributed by atoms with Crippen molar-refractivity contribution in [3.05, 3.63) is 62.5 Å². The van der Waals surface area contributed by atoms with Crippen molar-refractivity contribution in [3.8, 4) is 0 Å². The molecule has 1 aliphatic heterocycles. The number of hydrogen-bond acceptors (Lipinski definition) is 3. The lowest BCUT2D eigenvalue weighted by Crippen LogP contribution is -2.43. The van der Waals surface area contributed by atoms with Crippen LogP contribution in [0.5, 0.6) is 0 Å². The standard InChI is InChI=1S/C20H21BrCl2N2O3S/c1-13(14-2-4-16(21)5-3-14)24-20(26)15-8-10-25(11-9-15)29(27,28)19-12-17(22)6-7-18(19)23/h2-7,12-13,15H,8-11H2,1H3,(H,24,26)/t13-/m0/s1. The van der Waals surface area contributed by atoms with E-state index in [-0.39, 0.29) is 40.9 Å². The topological polar surface area (TPSA) is 66.5 Å². The molecule has 1 saturated heterocycles. The highest BCUT2D eigenvalue weighted by Gasteiger charge is 2.33. The van der Waals surface area contributed by atoms with Gasteiger partial charge >= 0.3 is 0 Å². The Morgan fingerprint density at radius 2 is 1.76 bits per heavy atom. The van der Waals surface area contributed by atoms with Crippen molar-refractivity contribution in [2.45, 2.75) is 30.7 Å². The predicted molar refractivity (Wildman–Crippen MR) is 119 cm³/mol. The monoisotopic (exact) mass is 518 g/mol. The molecule has 1 heterocycles. The molecule has 156 valence electrons.